The van der Waals surface area contributed by atoms with Gasteiger partial charge in [-0.1, -0.05) is 105 Å². The molecule has 9 fully saturated rings. The summed E-state index contributed by atoms with van der Waals surface area (Å²) in [6.07, 6.45) is 21.3. The van der Waals surface area contributed by atoms with Gasteiger partial charge in [-0.25, -0.2) is 0 Å². The molecule has 3 saturated heterocycles. The minimum atomic E-state index is -2.04. The standard InChI is InChI=1S/C71H98N2O13S2/c1-39(2)40(3)58-60(86-58)69(83)20-9-14-44-29-51-52-32-56(77)68(33-57(78)66(82,38-75)36-63(51,68)4)62(81)88-87-35-46-13-8-12-45(34-74)71(46)61(80)73(47-25-41(26-48(76)30-47)15-22-67(44)55(69)17-23-70(52,67)84)37-64(71)21-16-49(59(64)79)53-28-43-27-42-11-10-24-85-54(42)31-50(43)65(72-53)18-6-5-7-19-65/h9-11,14,25-27,30,32,39-40,43-46,49-51,53-55,57-60,62,72,74-76,78-79,81-84H,5-8,12-13,15-24,28-29,31,33-38H2,1-4H3. The molecule has 10 N–H and O–H groups in total. The summed E-state index contributed by atoms with van der Waals surface area (Å²) in [7, 11) is 2.52. The molecule has 9 aliphatic carbocycles. The van der Waals surface area contributed by atoms with Crippen molar-refractivity contribution in [1.29, 1.82) is 0 Å². The van der Waals surface area contributed by atoms with Crippen molar-refractivity contribution >= 4 is 39.0 Å². The number of phenolic OH excluding ortho intramolecular Hbond substituents is 1. The summed E-state index contributed by atoms with van der Waals surface area (Å²) in [6.45, 7) is 8.14. The van der Waals surface area contributed by atoms with Gasteiger partial charge in [-0.05, 0) is 190 Å². The van der Waals surface area contributed by atoms with E-state index in [0.717, 1.165) is 61.3 Å². The summed E-state index contributed by atoms with van der Waals surface area (Å²) in [5.41, 5.74) is -10.2. The Morgan fingerprint density at radius 1 is 0.898 bits per heavy atom. The normalized spacial score (nSPS) is 50.3. The number of fused-ring (bicyclic) bond motifs is 4. The number of aliphatic hydroxyl groups excluding tert-OH is 5. The highest BCUT2D eigenvalue weighted by molar-refractivity contribution is 8.76. The predicted octanol–water partition coefficient (Wildman–Crippen LogP) is 8.01. The predicted molar refractivity (Wildman–Crippen MR) is 336 cm³/mol. The van der Waals surface area contributed by atoms with E-state index in [4.69, 9.17) is 9.47 Å². The molecule has 15 nitrogen and oxygen atoms in total. The summed E-state index contributed by atoms with van der Waals surface area (Å²) in [5.74, 6) is -1.91. The van der Waals surface area contributed by atoms with Crippen molar-refractivity contribution in [2.75, 3.05) is 37.0 Å². The second kappa shape index (κ2) is 21.4. The SMILES string of the molecule is CC(C)C(C)C1OC1C1(O)CC=CC2CC3C4=CC(=O)C5(CC(O)C(O)(CO)CC35C)C(O)SSCC3CCCC(CO)C35C(=O)N(CC53CCC(C5CC6C=C7C=CCOC7CC6C6(CCCCC6)N5)C3O)c3cc(O)cc(c3)CCC23C1CCC43O. The lowest BCUT2D eigenvalue weighted by atomic mass is 9.38. The van der Waals surface area contributed by atoms with Gasteiger partial charge in [-0.2, -0.15) is 0 Å². The van der Waals surface area contributed by atoms with E-state index in [0.29, 0.717) is 86.8 Å². The maximum Gasteiger partial charge on any atom is 0.234 e. The van der Waals surface area contributed by atoms with Crippen LogP contribution in [0, 0.1) is 86.3 Å². The van der Waals surface area contributed by atoms with Crippen LogP contribution in [0.3, 0.4) is 0 Å². The highest BCUT2D eigenvalue weighted by atomic mass is 33.1. The molecule has 24 unspecified atom stereocenters. The van der Waals surface area contributed by atoms with E-state index in [1.54, 1.807) is 18.2 Å². The molecule has 0 aromatic heterocycles. The van der Waals surface area contributed by atoms with E-state index in [2.05, 4.69) is 50.4 Å². The second-order valence-corrected chi connectivity index (χ2v) is 34.4. The minimum absolute atomic E-state index is 0.0269. The number of carbonyl (C=O) groups is 2. The van der Waals surface area contributed by atoms with Crippen molar-refractivity contribution in [2.24, 2.45) is 86.3 Å². The lowest BCUT2D eigenvalue weighted by molar-refractivity contribution is -0.235. The van der Waals surface area contributed by atoms with E-state index in [9.17, 15) is 46.0 Å². The number of aryl methyl sites for hydroxylation is 1. The fourth-order valence-electron chi connectivity index (χ4n) is 24.2. The van der Waals surface area contributed by atoms with E-state index >= 15 is 9.59 Å². The molecular formula is C71H98N2O13S2. The number of aromatic hydroxyl groups is 1. The van der Waals surface area contributed by atoms with E-state index in [-0.39, 0.29) is 92.0 Å². The Hall–Kier alpha value is -2.62. The Morgan fingerprint density at radius 3 is 2.48 bits per heavy atom. The third-order valence-electron chi connectivity index (χ3n) is 28.6. The van der Waals surface area contributed by atoms with Crippen LogP contribution >= 0.6 is 21.6 Å². The summed E-state index contributed by atoms with van der Waals surface area (Å²) in [4.78, 5) is 34.7. The number of hydrogen-bond donors (Lipinski definition) is 10. The van der Waals surface area contributed by atoms with Gasteiger partial charge in [-0.3, -0.25) is 9.59 Å². The molecule has 1 aromatic rings. The van der Waals surface area contributed by atoms with Gasteiger partial charge < -0.3 is 65.6 Å². The summed E-state index contributed by atoms with van der Waals surface area (Å²) < 4.78 is 13.0. The van der Waals surface area contributed by atoms with Gasteiger partial charge in [0, 0.05) is 64.9 Å². The molecule has 5 spiro atoms. The molecule has 7 heterocycles. The van der Waals surface area contributed by atoms with Crippen LogP contribution in [0.2, 0.25) is 0 Å². The quantitative estimate of drug-likeness (QED) is 0.0736. The first-order valence-electron chi connectivity index (χ1n) is 34.3. The van der Waals surface area contributed by atoms with Crippen LogP contribution in [0.1, 0.15) is 155 Å². The van der Waals surface area contributed by atoms with Crippen molar-refractivity contribution in [3.8, 4) is 5.75 Å². The largest absolute Gasteiger partial charge is 0.508 e. The van der Waals surface area contributed by atoms with Gasteiger partial charge in [0.1, 0.15) is 28.5 Å². The number of aliphatic hydroxyl groups is 8. The van der Waals surface area contributed by atoms with Crippen molar-refractivity contribution in [2.45, 2.75) is 220 Å². The molecule has 0 radical (unpaired) electrons. The number of ether oxygens (including phenoxy) is 2. The highest BCUT2D eigenvalue weighted by Crippen LogP contribution is 2.77. The van der Waals surface area contributed by atoms with Crippen LogP contribution in [0.5, 0.6) is 5.75 Å². The molecule has 6 saturated carbocycles. The van der Waals surface area contributed by atoms with Crippen LogP contribution in [-0.4, -0.2) is 154 Å². The number of rotatable bonds is 6. The summed E-state index contributed by atoms with van der Waals surface area (Å²) in [6, 6.07) is 5.37. The molecule has 7 aliphatic heterocycles. The number of carbonyl (C=O) groups excluding carboxylic acids is 2. The number of hydrogen-bond acceptors (Lipinski definition) is 16. The smallest absolute Gasteiger partial charge is 0.234 e. The van der Waals surface area contributed by atoms with Gasteiger partial charge >= 0.3 is 0 Å². The molecule has 8 bridgehead atoms. The Morgan fingerprint density at radius 2 is 1.70 bits per heavy atom. The highest BCUT2D eigenvalue weighted by Gasteiger charge is 2.80. The molecular weight excluding hydrogens is 1150 g/mol. The molecule has 482 valence electrons. The van der Waals surface area contributed by atoms with Gasteiger partial charge in [-0.15, -0.1) is 0 Å². The van der Waals surface area contributed by atoms with E-state index in [1.807, 2.05) is 24.0 Å². The van der Waals surface area contributed by atoms with Crippen molar-refractivity contribution in [3.05, 3.63) is 71.4 Å². The van der Waals surface area contributed by atoms with Crippen LogP contribution in [-0.2, 0) is 25.5 Å². The Kier molecular flexibility index (Phi) is 15.0. The first kappa shape index (κ1) is 61.6. The number of allylic oxidation sites excluding steroid dienone is 3. The van der Waals surface area contributed by atoms with Crippen molar-refractivity contribution in [1.82, 2.24) is 5.32 Å². The zero-order chi connectivity index (χ0) is 61.5. The number of epoxide rings is 1. The zero-order valence-corrected chi connectivity index (χ0v) is 53.7. The number of benzene rings is 1. The first-order chi connectivity index (χ1) is 42.0. The Labute approximate surface area is 527 Å². The lowest BCUT2D eigenvalue weighted by Crippen LogP contribution is -2.72. The average molecular weight is 1250 g/mol. The fourth-order valence-corrected chi connectivity index (χ4v) is 27.2. The third kappa shape index (κ3) is 8.22. The molecule has 1 amide bonds. The number of amides is 1. The number of piperidine rings is 1. The number of ketones is 1. The molecule has 88 heavy (non-hydrogen) atoms. The Bertz CT molecular complexity index is 3090. The number of nitrogens with zero attached hydrogens (tertiary/aromatic N) is 1. The monoisotopic (exact) mass is 1250 g/mol. The Balaban J connectivity index is 0.874. The average Bonchev–Trinajstić information content (AvgIpc) is 1.36. The molecule has 16 aliphatic rings. The summed E-state index contributed by atoms with van der Waals surface area (Å²) >= 11 is 0. The van der Waals surface area contributed by atoms with Crippen molar-refractivity contribution < 1.29 is 65.0 Å². The third-order valence-corrected chi connectivity index (χ3v) is 31.2. The maximum atomic E-state index is 16.8. The molecule has 24 atom stereocenters. The van der Waals surface area contributed by atoms with Crippen LogP contribution in [0.15, 0.2) is 65.8 Å². The van der Waals surface area contributed by atoms with Crippen LogP contribution in [0.4, 0.5) is 5.69 Å². The van der Waals surface area contributed by atoms with E-state index < -0.39 is 110 Å². The van der Waals surface area contributed by atoms with Crippen LogP contribution in [0.25, 0.3) is 0 Å². The fraction of sp³-hybridized carbons (Fsp3) is 0.775. The first-order valence-corrected chi connectivity index (χ1v) is 36.7. The maximum absolute atomic E-state index is 16.8. The number of phenols is 1. The lowest BCUT2D eigenvalue weighted by Gasteiger charge is -2.68. The zero-order valence-electron chi connectivity index (χ0n) is 52.1. The second-order valence-electron chi connectivity index (χ2n) is 31.9. The summed E-state index contributed by atoms with van der Waals surface area (Å²) in [5, 5.41) is 119. The topological polar surface area (TPSA) is 253 Å². The number of anilines is 1. The molecule has 17 rings (SSSR count). The van der Waals surface area contributed by atoms with Gasteiger partial charge in [0.2, 0.25) is 5.91 Å². The minimum Gasteiger partial charge on any atom is -0.508 e. The van der Waals surface area contributed by atoms with Gasteiger partial charge in [0.15, 0.2) is 5.78 Å². The van der Waals surface area contributed by atoms with Crippen LogP contribution < -0.4 is 10.2 Å². The number of nitrogens with one attached hydrogen (secondary N) is 1. The molecule has 17 heteroatoms. The van der Waals surface area contributed by atoms with Crippen molar-refractivity contribution in [3.63, 3.8) is 0 Å². The van der Waals surface area contributed by atoms with Gasteiger partial charge in [0.05, 0.1) is 54.1 Å². The van der Waals surface area contributed by atoms with Gasteiger partial charge in [0.25, 0.3) is 0 Å². The molecule has 1 aromatic carbocycles. The van der Waals surface area contributed by atoms with E-state index in [1.165, 1.54) is 22.8 Å².